The summed E-state index contributed by atoms with van der Waals surface area (Å²) >= 11 is 0. The van der Waals surface area contributed by atoms with Gasteiger partial charge in [0.2, 0.25) is 0 Å². The zero-order valence-corrected chi connectivity index (χ0v) is 14.4. The zero-order valence-electron chi connectivity index (χ0n) is 13.6. The van der Waals surface area contributed by atoms with Gasteiger partial charge in [-0.05, 0) is 29.2 Å². The molecule has 1 unspecified atom stereocenters. The number of hydrogen-bond acceptors (Lipinski definition) is 4. The highest BCUT2D eigenvalue weighted by atomic mass is 32.2. The van der Waals surface area contributed by atoms with E-state index in [1.165, 1.54) is 0 Å². The molecule has 0 aliphatic carbocycles. The van der Waals surface area contributed by atoms with Gasteiger partial charge in [0.25, 0.3) is 0 Å². The van der Waals surface area contributed by atoms with Gasteiger partial charge in [-0.15, -0.1) is 0 Å². The third-order valence-electron chi connectivity index (χ3n) is 3.33. The van der Waals surface area contributed by atoms with E-state index in [4.69, 9.17) is 8.92 Å². The van der Waals surface area contributed by atoms with E-state index in [-0.39, 0.29) is 6.10 Å². The number of benzene rings is 2. The first-order valence-electron chi connectivity index (χ1n) is 7.50. The van der Waals surface area contributed by atoms with Crippen LogP contribution in [0.4, 0.5) is 0 Å². The molecule has 5 heteroatoms. The van der Waals surface area contributed by atoms with Gasteiger partial charge in [0.1, 0.15) is 5.75 Å². The molecule has 23 heavy (non-hydrogen) atoms. The fourth-order valence-electron chi connectivity index (χ4n) is 2.32. The Hall–Kier alpha value is -1.85. The molecule has 0 aliphatic heterocycles. The van der Waals surface area contributed by atoms with Gasteiger partial charge in [-0.2, -0.15) is 8.42 Å². The Kier molecular flexibility index (Phi) is 5.80. The lowest BCUT2D eigenvalue weighted by molar-refractivity contribution is 0.00898. The van der Waals surface area contributed by atoms with Crippen molar-refractivity contribution in [1.29, 1.82) is 0 Å². The van der Waals surface area contributed by atoms with Gasteiger partial charge in [-0.3, -0.25) is 0 Å². The Labute approximate surface area is 138 Å². The van der Waals surface area contributed by atoms with Crippen molar-refractivity contribution in [3.05, 3.63) is 65.7 Å². The van der Waals surface area contributed by atoms with Crippen molar-refractivity contribution in [2.75, 3.05) is 6.26 Å². The maximum atomic E-state index is 11.1. The predicted molar refractivity (Wildman–Crippen MR) is 90.7 cm³/mol. The molecule has 2 rings (SSSR count). The van der Waals surface area contributed by atoms with E-state index in [0.29, 0.717) is 18.3 Å². The average Bonchev–Trinajstić information content (AvgIpc) is 2.48. The van der Waals surface area contributed by atoms with Crippen molar-refractivity contribution >= 4 is 10.1 Å². The molecule has 0 N–H and O–H groups in total. The fourth-order valence-corrected chi connectivity index (χ4v) is 2.78. The maximum Gasteiger partial charge on any atom is 0.306 e. The lowest BCUT2D eigenvalue weighted by Crippen LogP contribution is -2.11. The maximum absolute atomic E-state index is 11.1. The van der Waals surface area contributed by atoms with Gasteiger partial charge in [0, 0.05) is 0 Å². The lowest BCUT2D eigenvalue weighted by Gasteiger charge is -2.22. The quantitative estimate of drug-likeness (QED) is 0.720. The highest BCUT2D eigenvalue weighted by Gasteiger charge is 2.17. The molecule has 0 saturated heterocycles. The van der Waals surface area contributed by atoms with E-state index in [1.807, 2.05) is 42.5 Å². The van der Waals surface area contributed by atoms with Crippen molar-refractivity contribution in [2.24, 2.45) is 5.92 Å². The van der Waals surface area contributed by atoms with Crippen LogP contribution in [0.5, 0.6) is 5.75 Å². The van der Waals surface area contributed by atoms with E-state index in [2.05, 4.69) is 13.8 Å². The number of ether oxygens (including phenoxy) is 1. The Bertz CT molecular complexity index is 706. The molecule has 0 fully saturated rings. The van der Waals surface area contributed by atoms with Gasteiger partial charge >= 0.3 is 10.1 Å². The Balaban J connectivity index is 2.08. The summed E-state index contributed by atoms with van der Waals surface area (Å²) in [6, 6.07) is 17.0. The molecule has 0 heterocycles. The summed E-state index contributed by atoms with van der Waals surface area (Å²) in [4.78, 5) is 0. The molecule has 0 radical (unpaired) electrons. The number of rotatable bonds is 7. The molecular weight excluding hydrogens is 312 g/mol. The monoisotopic (exact) mass is 334 g/mol. The Morgan fingerprint density at radius 2 is 1.57 bits per heavy atom. The minimum Gasteiger partial charge on any atom is -0.383 e. The van der Waals surface area contributed by atoms with Crippen LogP contribution in [0.2, 0.25) is 0 Å². The number of hydrogen-bond donors (Lipinski definition) is 0. The van der Waals surface area contributed by atoms with Crippen LogP contribution in [0.25, 0.3) is 0 Å². The van der Waals surface area contributed by atoms with Crippen LogP contribution in [0, 0.1) is 5.92 Å². The minimum absolute atomic E-state index is 0.0671. The third kappa shape index (κ3) is 5.69. The summed E-state index contributed by atoms with van der Waals surface area (Å²) in [6.45, 7) is 4.72. The second kappa shape index (κ2) is 7.62. The lowest BCUT2D eigenvalue weighted by atomic mass is 9.99. The summed E-state index contributed by atoms with van der Waals surface area (Å²) in [6.07, 6.45) is 0.961. The van der Waals surface area contributed by atoms with Crippen molar-refractivity contribution < 1.29 is 17.3 Å². The normalized spacial score (nSPS) is 13.0. The van der Waals surface area contributed by atoms with Crippen molar-refractivity contribution in [1.82, 2.24) is 0 Å². The molecule has 2 aromatic rings. The highest BCUT2D eigenvalue weighted by Crippen LogP contribution is 2.28. The third-order valence-corrected chi connectivity index (χ3v) is 3.83. The van der Waals surface area contributed by atoms with Crippen LogP contribution < -0.4 is 4.18 Å². The standard InChI is InChI=1S/C18H22O4S/c1-14(2)18(21-13-15-7-5-4-6-8-15)16-9-11-17(12-10-16)22-23(3,19)20/h4-12,14,18H,13H2,1-3H3. The van der Waals surface area contributed by atoms with E-state index in [0.717, 1.165) is 17.4 Å². The van der Waals surface area contributed by atoms with Gasteiger partial charge in [-0.25, -0.2) is 0 Å². The summed E-state index contributed by atoms with van der Waals surface area (Å²) in [5.74, 6) is 0.599. The molecule has 1 atom stereocenters. The topological polar surface area (TPSA) is 52.6 Å². The van der Waals surface area contributed by atoms with Crippen LogP contribution >= 0.6 is 0 Å². The minimum atomic E-state index is -3.50. The molecule has 0 saturated carbocycles. The summed E-state index contributed by atoms with van der Waals surface area (Å²) < 4.78 is 33.2. The molecule has 0 bridgehead atoms. The van der Waals surface area contributed by atoms with E-state index in [1.54, 1.807) is 12.1 Å². The first-order valence-corrected chi connectivity index (χ1v) is 9.32. The van der Waals surface area contributed by atoms with Crippen molar-refractivity contribution in [2.45, 2.75) is 26.6 Å². The molecule has 2 aromatic carbocycles. The van der Waals surface area contributed by atoms with Crippen molar-refractivity contribution in [3.63, 3.8) is 0 Å². The fraction of sp³-hybridized carbons (Fsp3) is 0.333. The molecular formula is C18H22O4S. The Morgan fingerprint density at radius 3 is 2.09 bits per heavy atom. The summed E-state index contributed by atoms with van der Waals surface area (Å²) in [5, 5.41) is 0. The van der Waals surface area contributed by atoms with Crippen LogP contribution in [0.15, 0.2) is 54.6 Å². The SMILES string of the molecule is CC(C)C(OCc1ccccc1)c1ccc(OS(C)(=O)=O)cc1. The van der Waals surface area contributed by atoms with Crippen molar-refractivity contribution in [3.8, 4) is 5.75 Å². The molecule has 0 amide bonds. The van der Waals surface area contributed by atoms with Gasteiger partial charge in [0.05, 0.1) is 19.0 Å². The predicted octanol–water partition coefficient (Wildman–Crippen LogP) is 3.94. The van der Waals surface area contributed by atoms with Crippen LogP contribution in [-0.2, 0) is 21.5 Å². The molecule has 0 spiro atoms. The van der Waals surface area contributed by atoms with Gasteiger partial charge in [0.15, 0.2) is 0 Å². The van der Waals surface area contributed by atoms with E-state index < -0.39 is 10.1 Å². The van der Waals surface area contributed by atoms with Crippen LogP contribution in [0.3, 0.4) is 0 Å². The summed E-state index contributed by atoms with van der Waals surface area (Å²) in [7, 11) is -3.50. The zero-order chi connectivity index (χ0) is 16.9. The first-order chi connectivity index (χ1) is 10.8. The second-order valence-electron chi connectivity index (χ2n) is 5.82. The van der Waals surface area contributed by atoms with E-state index >= 15 is 0 Å². The molecule has 4 nitrogen and oxygen atoms in total. The summed E-state index contributed by atoms with van der Waals surface area (Å²) in [5.41, 5.74) is 2.12. The average molecular weight is 334 g/mol. The first kappa shape index (κ1) is 17.5. The largest absolute Gasteiger partial charge is 0.383 e. The Morgan fingerprint density at radius 1 is 0.957 bits per heavy atom. The molecule has 0 aliphatic rings. The second-order valence-corrected chi connectivity index (χ2v) is 7.39. The van der Waals surface area contributed by atoms with E-state index in [9.17, 15) is 8.42 Å². The molecule has 124 valence electrons. The molecule has 0 aromatic heterocycles. The van der Waals surface area contributed by atoms with Crippen LogP contribution in [-0.4, -0.2) is 14.7 Å². The smallest absolute Gasteiger partial charge is 0.306 e. The highest BCUT2D eigenvalue weighted by molar-refractivity contribution is 7.86. The van der Waals surface area contributed by atoms with Gasteiger partial charge < -0.3 is 8.92 Å². The van der Waals surface area contributed by atoms with Gasteiger partial charge in [-0.1, -0.05) is 56.3 Å². The van der Waals surface area contributed by atoms with Crippen LogP contribution in [0.1, 0.15) is 31.1 Å².